The van der Waals surface area contributed by atoms with E-state index in [1.54, 1.807) is 24.4 Å². The van der Waals surface area contributed by atoms with Crippen LogP contribution in [0.2, 0.25) is 0 Å². The van der Waals surface area contributed by atoms with Gasteiger partial charge in [0, 0.05) is 10.7 Å². The van der Waals surface area contributed by atoms with E-state index in [-0.39, 0.29) is 6.61 Å². The monoisotopic (exact) mass is 336 g/mol. The van der Waals surface area contributed by atoms with E-state index in [2.05, 4.69) is 25.7 Å². The number of methoxy groups -OCH3 is 1. The van der Waals surface area contributed by atoms with E-state index in [1.807, 2.05) is 12.1 Å². The molecule has 6 heteroatoms. The number of carbonyl (C=O) groups is 1. The molecule has 0 spiro atoms. The van der Waals surface area contributed by atoms with Crippen molar-refractivity contribution < 1.29 is 14.3 Å². The summed E-state index contributed by atoms with van der Waals surface area (Å²) in [5.41, 5.74) is 7.42. The summed E-state index contributed by atoms with van der Waals surface area (Å²) in [6.45, 7) is 0.266. The maximum Gasteiger partial charge on any atom is 0.337 e. The second-order valence-corrected chi connectivity index (χ2v) is 4.92. The number of esters is 1. The molecular formula is C14H13BrN2O3. The van der Waals surface area contributed by atoms with Crippen LogP contribution in [0.4, 0.5) is 5.69 Å². The fourth-order valence-corrected chi connectivity index (χ4v) is 1.78. The number of hydrogen-bond acceptors (Lipinski definition) is 5. The summed E-state index contributed by atoms with van der Waals surface area (Å²) in [5.74, 6) is -0.00534. The Morgan fingerprint density at radius 2 is 2.15 bits per heavy atom. The highest BCUT2D eigenvalue weighted by Gasteiger charge is 2.09. The standard InChI is InChI=1S/C14H13BrN2O3/c1-19-14(18)9-2-5-12(16)13(6-9)20-8-11-4-3-10(15)7-17-11/h2-7H,8,16H2,1H3. The van der Waals surface area contributed by atoms with Gasteiger partial charge in [-0.1, -0.05) is 0 Å². The van der Waals surface area contributed by atoms with Crippen LogP contribution in [0.1, 0.15) is 16.1 Å². The quantitative estimate of drug-likeness (QED) is 0.686. The lowest BCUT2D eigenvalue weighted by molar-refractivity contribution is 0.0600. The minimum atomic E-state index is -0.434. The van der Waals surface area contributed by atoms with Crippen molar-refractivity contribution in [2.75, 3.05) is 12.8 Å². The molecule has 1 heterocycles. The smallest absolute Gasteiger partial charge is 0.337 e. The zero-order chi connectivity index (χ0) is 14.5. The van der Waals surface area contributed by atoms with Gasteiger partial charge in [0.1, 0.15) is 12.4 Å². The Hall–Kier alpha value is -2.08. The zero-order valence-electron chi connectivity index (χ0n) is 10.8. The number of nitrogens with two attached hydrogens (primary N) is 1. The third-order valence-corrected chi connectivity index (χ3v) is 3.07. The normalized spacial score (nSPS) is 10.1. The number of halogens is 1. The van der Waals surface area contributed by atoms with Crippen molar-refractivity contribution in [1.82, 2.24) is 4.98 Å². The molecule has 5 nitrogen and oxygen atoms in total. The van der Waals surface area contributed by atoms with Crippen LogP contribution in [0.25, 0.3) is 0 Å². The Morgan fingerprint density at radius 3 is 2.80 bits per heavy atom. The highest BCUT2D eigenvalue weighted by atomic mass is 79.9. The first-order chi connectivity index (χ1) is 9.60. The predicted octanol–water partition coefficient (Wildman–Crippen LogP) is 2.79. The van der Waals surface area contributed by atoms with Crippen LogP contribution in [0, 0.1) is 0 Å². The average Bonchev–Trinajstić information content (AvgIpc) is 2.47. The second kappa shape index (κ2) is 6.38. The van der Waals surface area contributed by atoms with Crippen LogP contribution in [0.15, 0.2) is 41.0 Å². The summed E-state index contributed by atoms with van der Waals surface area (Å²) in [6.07, 6.45) is 1.69. The fraction of sp³-hybridized carbons (Fsp3) is 0.143. The second-order valence-electron chi connectivity index (χ2n) is 4.00. The Bertz CT molecular complexity index is 614. The number of anilines is 1. The number of carbonyl (C=O) groups excluding carboxylic acids is 1. The van der Waals surface area contributed by atoms with E-state index >= 15 is 0 Å². The molecule has 0 aliphatic rings. The van der Waals surface area contributed by atoms with Crippen LogP contribution >= 0.6 is 15.9 Å². The number of ether oxygens (including phenoxy) is 2. The molecule has 2 aromatic rings. The molecule has 20 heavy (non-hydrogen) atoms. The predicted molar refractivity (Wildman–Crippen MR) is 78.5 cm³/mol. The van der Waals surface area contributed by atoms with E-state index in [0.717, 1.165) is 10.2 Å². The van der Waals surface area contributed by atoms with Gasteiger partial charge in [0.2, 0.25) is 0 Å². The van der Waals surface area contributed by atoms with Gasteiger partial charge in [0.25, 0.3) is 0 Å². The molecule has 0 unspecified atom stereocenters. The van der Waals surface area contributed by atoms with Gasteiger partial charge in [-0.05, 0) is 46.3 Å². The molecule has 0 aliphatic heterocycles. The van der Waals surface area contributed by atoms with E-state index in [0.29, 0.717) is 17.0 Å². The maximum atomic E-state index is 11.5. The number of nitrogens with zero attached hydrogens (tertiary/aromatic N) is 1. The molecule has 0 bridgehead atoms. The Morgan fingerprint density at radius 1 is 1.35 bits per heavy atom. The molecule has 0 saturated heterocycles. The lowest BCUT2D eigenvalue weighted by Crippen LogP contribution is -2.04. The van der Waals surface area contributed by atoms with Crippen molar-refractivity contribution in [1.29, 1.82) is 0 Å². The molecular weight excluding hydrogens is 324 g/mol. The molecule has 0 amide bonds. The van der Waals surface area contributed by atoms with Crippen molar-refractivity contribution >= 4 is 27.6 Å². The van der Waals surface area contributed by atoms with Crippen LogP contribution in [-0.4, -0.2) is 18.1 Å². The molecule has 1 aromatic heterocycles. The van der Waals surface area contributed by atoms with Gasteiger partial charge in [-0.2, -0.15) is 0 Å². The minimum Gasteiger partial charge on any atom is -0.485 e. The molecule has 1 aromatic carbocycles. The van der Waals surface area contributed by atoms with Gasteiger partial charge in [0.15, 0.2) is 0 Å². The number of hydrogen-bond donors (Lipinski definition) is 1. The number of aromatic nitrogens is 1. The van der Waals surface area contributed by atoms with Crippen molar-refractivity contribution in [2.45, 2.75) is 6.61 Å². The van der Waals surface area contributed by atoms with E-state index in [1.165, 1.54) is 7.11 Å². The topological polar surface area (TPSA) is 74.4 Å². The van der Waals surface area contributed by atoms with Crippen LogP contribution < -0.4 is 10.5 Å². The van der Waals surface area contributed by atoms with Crippen molar-refractivity contribution in [2.24, 2.45) is 0 Å². The third-order valence-electron chi connectivity index (χ3n) is 2.60. The fourth-order valence-electron chi connectivity index (χ4n) is 1.55. The maximum absolute atomic E-state index is 11.5. The largest absolute Gasteiger partial charge is 0.485 e. The average molecular weight is 337 g/mol. The molecule has 0 atom stereocenters. The number of nitrogen functional groups attached to an aromatic ring is 1. The first-order valence-electron chi connectivity index (χ1n) is 5.81. The van der Waals surface area contributed by atoms with Gasteiger partial charge in [0.05, 0.1) is 24.1 Å². The molecule has 104 valence electrons. The van der Waals surface area contributed by atoms with Crippen molar-refractivity contribution in [3.05, 3.63) is 52.3 Å². The van der Waals surface area contributed by atoms with Crippen LogP contribution in [0.5, 0.6) is 5.75 Å². The molecule has 0 fully saturated rings. The lowest BCUT2D eigenvalue weighted by Gasteiger charge is -2.10. The lowest BCUT2D eigenvalue weighted by atomic mass is 10.2. The summed E-state index contributed by atoms with van der Waals surface area (Å²) in [6, 6.07) is 8.47. The summed E-state index contributed by atoms with van der Waals surface area (Å²) in [4.78, 5) is 15.6. The highest BCUT2D eigenvalue weighted by Crippen LogP contribution is 2.24. The molecule has 2 rings (SSSR count). The van der Waals surface area contributed by atoms with Gasteiger partial charge >= 0.3 is 5.97 Å². The number of rotatable bonds is 4. The van der Waals surface area contributed by atoms with Gasteiger partial charge in [-0.15, -0.1) is 0 Å². The third kappa shape index (κ3) is 3.48. The van der Waals surface area contributed by atoms with E-state index in [4.69, 9.17) is 10.5 Å². The number of benzene rings is 1. The molecule has 0 saturated carbocycles. The number of pyridine rings is 1. The zero-order valence-corrected chi connectivity index (χ0v) is 12.4. The molecule has 0 aliphatic carbocycles. The molecule has 0 radical (unpaired) electrons. The first kappa shape index (κ1) is 14.3. The minimum absolute atomic E-state index is 0.266. The van der Waals surface area contributed by atoms with Gasteiger partial charge < -0.3 is 15.2 Å². The van der Waals surface area contributed by atoms with Crippen LogP contribution in [-0.2, 0) is 11.3 Å². The van der Waals surface area contributed by atoms with Crippen molar-refractivity contribution in [3.63, 3.8) is 0 Å². The van der Waals surface area contributed by atoms with E-state index in [9.17, 15) is 4.79 Å². The first-order valence-corrected chi connectivity index (χ1v) is 6.60. The van der Waals surface area contributed by atoms with Gasteiger partial charge in [-0.3, -0.25) is 4.98 Å². The van der Waals surface area contributed by atoms with Crippen molar-refractivity contribution in [3.8, 4) is 5.75 Å². The van der Waals surface area contributed by atoms with Gasteiger partial charge in [-0.25, -0.2) is 4.79 Å². The summed E-state index contributed by atoms with van der Waals surface area (Å²) < 4.78 is 11.1. The highest BCUT2D eigenvalue weighted by molar-refractivity contribution is 9.10. The Labute approximate surface area is 124 Å². The summed E-state index contributed by atoms with van der Waals surface area (Å²) in [5, 5.41) is 0. The molecule has 2 N–H and O–H groups in total. The summed E-state index contributed by atoms with van der Waals surface area (Å²) >= 11 is 3.31. The Balaban J connectivity index is 2.12. The van der Waals surface area contributed by atoms with E-state index < -0.39 is 5.97 Å². The summed E-state index contributed by atoms with van der Waals surface area (Å²) in [7, 11) is 1.32. The van der Waals surface area contributed by atoms with Crippen LogP contribution in [0.3, 0.4) is 0 Å². The Kier molecular flexibility index (Phi) is 4.57. The SMILES string of the molecule is COC(=O)c1ccc(N)c(OCc2ccc(Br)cn2)c1.